The Hall–Kier alpha value is -1.98. The number of nitrogens with zero attached hydrogens (tertiary/aromatic N) is 1. The van der Waals surface area contributed by atoms with Crippen LogP contribution in [0, 0.1) is 6.92 Å². The summed E-state index contributed by atoms with van der Waals surface area (Å²) in [5.41, 5.74) is 7.09. The van der Waals surface area contributed by atoms with E-state index in [0.717, 1.165) is 16.2 Å². The third-order valence-corrected chi connectivity index (χ3v) is 4.32. The molecule has 0 bridgehead atoms. The Bertz CT molecular complexity index is 702. The minimum absolute atomic E-state index is 0.286. The van der Waals surface area contributed by atoms with Gasteiger partial charge in [0.15, 0.2) is 0 Å². The molecular weight excluding hydrogens is 332 g/mol. The van der Waals surface area contributed by atoms with E-state index in [1.54, 1.807) is 23.9 Å². The molecule has 0 amide bonds. The molecule has 23 heavy (non-hydrogen) atoms. The molecule has 2 aromatic carbocycles. The summed E-state index contributed by atoms with van der Waals surface area (Å²) in [5, 5.41) is 4.40. The van der Waals surface area contributed by atoms with E-state index in [4.69, 9.17) is 22.2 Å². The molecule has 0 unspecified atom stereocenters. The fraction of sp³-hybridized carbons (Fsp3) is 0.176. The number of hydrogen-bond acceptors (Lipinski definition) is 4. The first-order chi connectivity index (χ1) is 11.1. The smallest absolute Gasteiger partial charge is 0.366 e. The number of aryl methyl sites for hydroxylation is 1. The van der Waals surface area contributed by atoms with Crippen molar-refractivity contribution in [3.8, 4) is 0 Å². The summed E-state index contributed by atoms with van der Waals surface area (Å²) in [7, 11) is 0. The van der Waals surface area contributed by atoms with Crippen LogP contribution in [-0.2, 0) is 4.84 Å². The van der Waals surface area contributed by atoms with E-state index in [1.807, 2.05) is 43.3 Å². The SMILES string of the molecule is Cc1ccccc1C(=O)O/N=C(/N)CCSc1ccc(Cl)cc1. The summed E-state index contributed by atoms with van der Waals surface area (Å²) in [4.78, 5) is 17.9. The number of benzene rings is 2. The van der Waals surface area contributed by atoms with E-state index in [9.17, 15) is 4.79 Å². The standard InChI is InChI=1S/C17H17ClN2O2S/c1-12-4-2-3-5-15(12)17(21)22-20-16(19)10-11-23-14-8-6-13(18)7-9-14/h2-9H,10-11H2,1H3,(H2,19,20). The van der Waals surface area contributed by atoms with Crippen molar-refractivity contribution >= 4 is 35.2 Å². The first kappa shape index (κ1) is 17.4. The lowest BCUT2D eigenvalue weighted by Crippen LogP contribution is -2.15. The monoisotopic (exact) mass is 348 g/mol. The number of hydrogen-bond donors (Lipinski definition) is 1. The van der Waals surface area contributed by atoms with Crippen LogP contribution in [0.1, 0.15) is 22.3 Å². The Morgan fingerprint density at radius 2 is 1.91 bits per heavy atom. The van der Waals surface area contributed by atoms with Crippen molar-refractivity contribution in [1.29, 1.82) is 0 Å². The lowest BCUT2D eigenvalue weighted by molar-refractivity contribution is 0.0514. The Kier molecular flexibility index (Phi) is 6.50. The van der Waals surface area contributed by atoms with Gasteiger partial charge < -0.3 is 10.6 Å². The van der Waals surface area contributed by atoms with Crippen molar-refractivity contribution in [3.63, 3.8) is 0 Å². The zero-order chi connectivity index (χ0) is 16.7. The molecule has 2 N–H and O–H groups in total. The minimum Gasteiger partial charge on any atom is -0.384 e. The zero-order valence-corrected chi connectivity index (χ0v) is 14.2. The first-order valence-electron chi connectivity index (χ1n) is 7.04. The minimum atomic E-state index is -0.503. The van der Waals surface area contributed by atoms with Gasteiger partial charge in [-0.1, -0.05) is 35.0 Å². The Morgan fingerprint density at radius 3 is 2.61 bits per heavy atom. The molecule has 2 rings (SSSR count). The molecule has 0 aromatic heterocycles. The average Bonchev–Trinajstić information content (AvgIpc) is 2.55. The third kappa shape index (κ3) is 5.62. The third-order valence-electron chi connectivity index (χ3n) is 3.05. The van der Waals surface area contributed by atoms with Crippen LogP contribution in [0.25, 0.3) is 0 Å². The van der Waals surface area contributed by atoms with Crippen LogP contribution in [0.15, 0.2) is 58.6 Å². The van der Waals surface area contributed by atoms with E-state index in [1.165, 1.54) is 0 Å². The summed E-state index contributed by atoms with van der Waals surface area (Å²) in [6.07, 6.45) is 0.522. The van der Waals surface area contributed by atoms with Gasteiger partial charge in [-0.3, -0.25) is 0 Å². The van der Waals surface area contributed by atoms with Crippen LogP contribution in [-0.4, -0.2) is 17.6 Å². The molecule has 0 aliphatic rings. The average molecular weight is 349 g/mol. The van der Waals surface area contributed by atoms with Crippen molar-refractivity contribution in [1.82, 2.24) is 0 Å². The quantitative estimate of drug-likeness (QED) is 0.278. The lowest BCUT2D eigenvalue weighted by atomic mass is 10.1. The molecule has 0 saturated heterocycles. The second-order valence-corrected chi connectivity index (χ2v) is 6.43. The highest BCUT2D eigenvalue weighted by Gasteiger charge is 2.09. The summed E-state index contributed by atoms with van der Waals surface area (Å²) in [6, 6.07) is 14.7. The predicted molar refractivity (Wildman–Crippen MR) is 95.0 cm³/mol. The maximum Gasteiger partial charge on any atom is 0.366 e. The van der Waals surface area contributed by atoms with Crippen molar-refractivity contribution in [2.75, 3.05) is 5.75 Å². The molecule has 0 aliphatic heterocycles. The molecule has 6 heteroatoms. The van der Waals surface area contributed by atoms with Gasteiger partial charge in [-0.05, 0) is 42.8 Å². The molecule has 120 valence electrons. The summed E-state index contributed by atoms with van der Waals surface area (Å²) in [6.45, 7) is 1.84. The van der Waals surface area contributed by atoms with Gasteiger partial charge in [0, 0.05) is 22.1 Å². The Balaban J connectivity index is 1.80. The van der Waals surface area contributed by atoms with Crippen LogP contribution in [0.4, 0.5) is 0 Å². The van der Waals surface area contributed by atoms with Crippen molar-refractivity contribution in [2.24, 2.45) is 10.9 Å². The van der Waals surface area contributed by atoms with Crippen LogP contribution in [0.3, 0.4) is 0 Å². The van der Waals surface area contributed by atoms with Crippen molar-refractivity contribution in [2.45, 2.75) is 18.2 Å². The number of oxime groups is 1. The number of nitrogens with two attached hydrogens (primary N) is 1. The molecule has 0 radical (unpaired) electrons. The fourth-order valence-electron chi connectivity index (χ4n) is 1.80. The number of carbonyl (C=O) groups is 1. The predicted octanol–water partition coefficient (Wildman–Crippen LogP) is 4.26. The molecule has 0 fully saturated rings. The second kappa shape index (κ2) is 8.60. The second-order valence-electron chi connectivity index (χ2n) is 4.83. The van der Waals surface area contributed by atoms with Crippen LogP contribution >= 0.6 is 23.4 Å². The topological polar surface area (TPSA) is 64.7 Å². The zero-order valence-electron chi connectivity index (χ0n) is 12.7. The molecule has 2 aromatic rings. The first-order valence-corrected chi connectivity index (χ1v) is 8.40. The summed E-state index contributed by atoms with van der Waals surface area (Å²) in [5.74, 6) is 0.517. The highest BCUT2D eigenvalue weighted by atomic mass is 35.5. The van der Waals surface area contributed by atoms with E-state index in [0.29, 0.717) is 17.0 Å². The van der Waals surface area contributed by atoms with Gasteiger partial charge in [0.2, 0.25) is 0 Å². The van der Waals surface area contributed by atoms with E-state index >= 15 is 0 Å². The van der Waals surface area contributed by atoms with Gasteiger partial charge >= 0.3 is 5.97 Å². The van der Waals surface area contributed by atoms with Crippen LogP contribution < -0.4 is 5.73 Å². The summed E-state index contributed by atoms with van der Waals surface area (Å²) < 4.78 is 0. The van der Waals surface area contributed by atoms with Gasteiger partial charge in [-0.15, -0.1) is 11.8 Å². The molecule has 0 aliphatic carbocycles. The van der Waals surface area contributed by atoms with Gasteiger partial charge in [-0.2, -0.15) is 0 Å². The Labute approximate surface area is 144 Å². The van der Waals surface area contributed by atoms with Crippen LogP contribution in [0.2, 0.25) is 5.02 Å². The maximum atomic E-state index is 11.9. The summed E-state index contributed by atoms with van der Waals surface area (Å²) >= 11 is 7.46. The number of halogens is 1. The number of amidine groups is 1. The van der Waals surface area contributed by atoms with E-state index in [-0.39, 0.29) is 5.84 Å². The van der Waals surface area contributed by atoms with Crippen LogP contribution in [0.5, 0.6) is 0 Å². The molecule has 0 saturated carbocycles. The fourth-order valence-corrected chi connectivity index (χ4v) is 2.80. The van der Waals surface area contributed by atoms with Gasteiger partial charge in [0.1, 0.15) is 5.84 Å². The Morgan fingerprint density at radius 1 is 1.22 bits per heavy atom. The van der Waals surface area contributed by atoms with Gasteiger partial charge in [-0.25, -0.2) is 4.79 Å². The van der Waals surface area contributed by atoms with E-state index < -0.39 is 5.97 Å². The maximum absolute atomic E-state index is 11.9. The van der Waals surface area contributed by atoms with E-state index in [2.05, 4.69) is 5.16 Å². The molecule has 0 heterocycles. The molecule has 0 atom stereocenters. The van der Waals surface area contributed by atoms with Gasteiger partial charge in [0.25, 0.3) is 0 Å². The number of rotatable bonds is 6. The molecule has 0 spiro atoms. The lowest BCUT2D eigenvalue weighted by Gasteiger charge is -2.04. The van der Waals surface area contributed by atoms with Crippen molar-refractivity contribution < 1.29 is 9.63 Å². The molecule has 4 nitrogen and oxygen atoms in total. The largest absolute Gasteiger partial charge is 0.384 e. The highest BCUT2D eigenvalue weighted by Crippen LogP contribution is 2.20. The number of carbonyl (C=O) groups excluding carboxylic acids is 1. The normalized spacial score (nSPS) is 11.3. The van der Waals surface area contributed by atoms with Crippen molar-refractivity contribution in [3.05, 3.63) is 64.7 Å². The number of thioether (sulfide) groups is 1. The van der Waals surface area contributed by atoms with Gasteiger partial charge in [0.05, 0.1) is 5.56 Å². The molecular formula is C17H17ClN2O2S. The highest BCUT2D eigenvalue weighted by molar-refractivity contribution is 7.99.